The summed E-state index contributed by atoms with van der Waals surface area (Å²) in [5.41, 5.74) is 2.91. The Morgan fingerprint density at radius 3 is 2.78 bits per heavy atom. The Hall–Kier alpha value is -2.25. The number of carbonyl (C=O) groups is 2. The summed E-state index contributed by atoms with van der Waals surface area (Å²) in [5, 5.41) is 10.5. The number of aromatic amines is 1. The Balaban J connectivity index is 0.00000210. The van der Waals surface area contributed by atoms with Gasteiger partial charge in [-0.05, 0) is 37.1 Å². The minimum absolute atomic E-state index is 0. The van der Waals surface area contributed by atoms with Crippen molar-refractivity contribution in [1.82, 2.24) is 20.4 Å². The second-order valence-corrected chi connectivity index (χ2v) is 6.92. The average molecular weight is 393 g/mol. The fourth-order valence-electron chi connectivity index (χ4n) is 3.78. The van der Waals surface area contributed by atoms with Gasteiger partial charge in [0.1, 0.15) is 5.82 Å². The van der Waals surface area contributed by atoms with Gasteiger partial charge >= 0.3 is 0 Å². The molecule has 2 N–H and O–H groups in total. The number of nitrogens with one attached hydrogen (secondary N) is 2. The van der Waals surface area contributed by atoms with Crippen LogP contribution in [0.25, 0.3) is 0 Å². The van der Waals surface area contributed by atoms with E-state index in [4.69, 9.17) is 0 Å². The summed E-state index contributed by atoms with van der Waals surface area (Å²) < 4.78 is 13.1. The predicted octanol–water partition coefficient (Wildman–Crippen LogP) is 2.35. The van der Waals surface area contributed by atoms with Crippen LogP contribution < -0.4 is 5.32 Å². The van der Waals surface area contributed by atoms with E-state index in [0.29, 0.717) is 30.9 Å². The molecule has 1 fully saturated rings. The zero-order chi connectivity index (χ0) is 18.1. The van der Waals surface area contributed by atoms with Crippen molar-refractivity contribution in [2.45, 2.75) is 25.8 Å². The van der Waals surface area contributed by atoms with Gasteiger partial charge in [-0.2, -0.15) is 5.10 Å². The lowest BCUT2D eigenvalue weighted by Gasteiger charge is -2.32. The summed E-state index contributed by atoms with van der Waals surface area (Å²) in [6.45, 7) is 2.52. The summed E-state index contributed by atoms with van der Waals surface area (Å²) in [5.74, 6) is -0.777. The van der Waals surface area contributed by atoms with Crippen molar-refractivity contribution in [2.24, 2.45) is 5.92 Å². The molecule has 0 spiro atoms. The number of carbonyl (C=O) groups excluding carboxylic acids is 2. The van der Waals surface area contributed by atoms with Gasteiger partial charge in [-0.25, -0.2) is 4.39 Å². The first-order valence-corrected chi connectivity index (χ1v) is 8.99. The van der Waals surface area contributed by atoms with Crippen LogP contribution in [0.1, 0.15) is 44.9 Å². The van der Waals surface area contributed by atoms with E-state index in [1.807, 2.05) is 0 Å². The van der Waals surface area contributed by atoms with E-state index in [-0.39, 0.29) is 35.8 Å². The third-order valence-corrected chi connectivity index (χ3v) is 5.22. The number of likely N-dealkylation sites (tertiary alicyclic amines) is 1. The molecule has 1 atom stereocenters. The minimum atomic E-state index is -0.362. The van der Waals surface area contributed by atoms with E-state index >= 15 is 0 Å². The highest BCUT2D eigenvalue weighted by Crippen LogP contribution is 2.24. The number of amides is 1. The zero-order valence-electron chi connectivity index (χ0n) is 14.8. The number of benzene rings is 1. The Morgan fingerprint density at radius 2 is 2.00 bits per heavy atom. The largest absolute Gasteiger partial charge is 0.337 e. The van der Waals surface area contributed by atoms with Crippen molar-refractivity contribution in [3.8, 4) is 0 Å². The average Bonchev–Trinajstić information content (AvgIpc) is 3.12. The lowest BCUT2D eigenvalue weighted by Crippen LogP contribution is -2.43. The molecule has 6 nitrogen and oxygen atoms in total. The van der Waals surface area contributed by atoms with E-state index in [2.05, 4.69) is 15.5 Å². The van der Waals surface area contributed by atoms with E-state index in [0.717, 1.165) is 37.1 Å². The molecule has 0 saturated carbocycles. The highest BCUT2D eigenvalue weighted by atomic mass is 35.5. The van der Waals surface area contributed by atoms with Gasteiger partial charge < -0.3 is 10.2 Å². The molecule has 1 aromatic carbocycles. The molecule has 3 heterocycles. The van der Waals surface area contributed by atoms with Gasteiger partial charge in [0, 0.05) is 55.3 Å². The molecule has 144 valence electrons. The number of ketones is 1. The second kappa shape index (κ2) is 8.19. The van der Waals surface area contributed by atoms with Gasteiger partial charge in [0.25, 0.3) is 5.91 Å². The molecule has 0 bridgehead atoms. The van der Waals surface area contributed by atoms with E-state index < -0.39 is 0 Å². The van der Waals surface area contributed by atoms with Crippen LogP contribution in [0.2, 0.25) is 0 Å². The van der Waals surface area contributed by atoms with E-state index in [1.165, 1.54) is 24.3 Å². The number of halogens is 2. The molecular formula is C19H22ClFN4O2. The normalized spacial score (nSPS) is 19.1. The van der Waals surface area contributed by atoms with Crippen LogP contribution in [0.3, 0.4) is 0 Å². The van der Waals surface area contributed by atoms with E-state index in [9.17, 15) is 14.0 Å². The molecule has 2 aliphatic rings. The number of H-pyrrole nitrogens is 1. The first-order chi connectivity index (χ1) is 12.6. The fourth-order valence-corrected chi connectivity index (χ4v) is 3.78. The van der Waals surface area contributed by atoms with Gasteiger partial charge in [-0.1, -0.05) is 0 Å². The van der Waals surface area contributed by atoms with Crippen LogP contribution >= 0.6 is 12.4 Å². The number of nitrogens with zero attached hydrogens (tertiary/aromatic N) is 2. The molecular weight excluding hydrogens is 371 g/mol. The number of fused-ring (bicyclic) bond motifs is 1. The van der Waals surface area contributed by atoms with Crippen LogP contribution in [0.5, 0.6) is 0 Å². The molecule has 1 aromatic heterocycles. The standard InChI is InChI=1S/C19H21FN4O2.ClH/c20-14-5-3-12(4-6-14)18(25)13-2-1-9-24(11-13)19(26)17-15-10-21-8-7-16(15)22-23-17;/h3-6,13,21H,1-2,7-11H2,(H,22,23);1H. The summed E-state index contributed by atoms with van der Waals surface area (Å²) in [6.07, 6.45) is 2.34. The van der Waals surface area contributed by atoms with Crippen molar-refractivity contribution in [3.05, 3.63) is 52.6 Å². The molecule has 8 heteroatoms. The third-order valence-electron chi connectivity index (χ3n) is 5.22. The van der Waals surface area contributed by atoms with Crippen molar-refractivity contribution < 1.29 is 14.0 Å². The number of hydrogen-bond acceptors (Lipinski definition) is 4. The Kier molecular flexibility index (Phi) is 5.92. The highest BCUT2D eigenvalue weighted by molar-refractivity contribution is 5.99. The summed E-state index contributed by atoms with van der Waals surface area (Å²) in [7, 11) is 0. The zero-order valence-corrected chi connectivity index (χ0v) is 15.7. The number of aromatic nitrogens is 2. The number of piperidine rings is 1. The van der Waals surface area contributed by atoms with Gasteiger partial charge in [0.05, 0.1) is 0 Å². The molecule has 1 saturated heterocycles. The molecule has 1 unspecified atom stereocenters. The lowest BCUT2D eigenvalue weighted by molar-refractivity contribution is 0.0631. The maximum Gasteiger partial charge on any atom is 0.274 e. The Labute approximate surface area is 162 Å². The predicted molar refractivity (Wildman–Crippen MR) is 101 cm³/mol. The van der Waals surface area contributed by atoms with Crippen LogP contribution in [-0.2, 0) is 13.0 Å². The van der Waals surface area contributed by atoms with Gasteiger partial charge in [0.15, 0.2) is 11.5 Å². The molecule has 0 aliphatic carbocycles. The topological polar surface area (TPSA) is 78.1 Å². The SMILES string of the molecule is Cl.O=C(c1ccc(F)cc1)C1CCCN(C(=O)c2n[nH]c3c2CNCC3)C1. The summed E-state index contributed by atoms with van der Waals surface area (Å²) in [4.78, 5) is 27.4. The monoisotopic (exact) mass is 392 g/mol. The van der Waals surface area contributed by atoms with Crippen LogP contribution in [-0.4, -0.2) is 46.4 Å². The maximum atomic E-state index is 13.1. The van der Waals surface area contributed by atoms with Gasteiger partial charge in [0.2, 0.25) is 0 Å². The maximum absolute atomic E-state index is 13.1. The minimum Gasteiger partial charge on any atom is -0.337 e. The smallest absolute Gasteiger partial charge is 0.274 e. The first kappa shape index (κ1) is 19.5. The van der Waals surface area contributed by atoms with Crippen molar-refractivity contribution >= 4 is 24.1 Å². The van der Waals surface area contributed by atoms with Crippen LogP contribution in [0.15, 0.2) is 24.3 Å². The quantitative estimate of drug-likeness (QED) is 0.786. The Morgan fingerprint density at radius 1 is 1.22 bits per heavy atom. The van der Waals surface area contributed by atoms with Gasteiger partial charge in [-0.3, -0.25) is 14.7 Å². The summed E-state index contributed by atoms with van der Waals surface area (Å²) in [6, 6.07) is 5.60. The molecule has 0 radical (unpaired) electrons. The number of hydrogen-bond donors (Lipinski definition) is 2. The molecule has 2 aromatic rings. The molecule has 2 aliphatic heterocycles. The number of rotatable bonds is 3. The molecule has 4 rings (SSSR count). The molecule has 27 heavy (non-hydrogen) atoms. The fraction of sp³-hybridized carbons (Fsp3) is 0.421. The van der Waals surface area contributed by atoms with Crippen LogP contribution in [0.4, 0.5) is 4.39 Å². The third kappa shape index (κ3) is 3.89. The lowest BCUT2D eigenvalue weighted by atomic mass is 9.89. The van der Waals surface area contributed by atoms with Crippen molar-refractivity contribution in [2.75, 3.05) is 19.6 Å². The molecule has 1 amide bonds. The Bertz CT molecular complexity index is 837. The summed E-state index contributed by atoms with van der Waals surface area (Å²) >= 11 is 0. The van der Waals surface area contributed by atoms with Gasteiger partial charge in [-0.15, -0.1) is 12.4 Å². The highest BCUT2D eigenvalue weighted by Gasteiger charge is 2.32. The van der Waals surface area contributed by atoms with Crippen molar-refractivity contribution in [1.29, 1.82) is 0 Å². The van der Waals surface area contributed by atoms with Crippen molar-refractivity contribution in [3.63, 3.8) is 0 Å². The van der Waals surface area contributed by atoms with E-state index in [1.54, 1.807) is 4.90 Å². The van der Waals surface area contributed by atoms with Crippen LogP contribution in [0, 0.1) is 11.7 Å². The second-order valence-electron chi connectivity index (χ2n) is 6.92. The first-order valence-electron chi connectivity index (χ1n) is 8.99. The number of Topliss-reactive ketones (excluding diaryl/α,β-unsaturated/α-hetero) is 1.